The van der Waals surface area contributed by atoms with Gasteiger partial charge in [-0.2, -0.15) is 25.3 Å². The van der Waals surface area contributed by atoms with Crippen molar-refractivity contribution in [1.82, 2.24) is 0 Å². The summed E-state index contributed by atoms with van der Waals surface area (Å²) in [7, 11) is -10.1. The number of hydrogen-bond acceptors (Lipinski definition) is 14. The molecule has 1 heterocycles. The van der Waals surface area contributed by atoms with Crippen LogP contribution in [-0.2, 0) is 74.3 Å². The van der Waals surface area contributed by atoms with E-state index in [1.54, 1.807) is 56.7 Å². The van der Waals surface area contributed by atoms with E-state index in [2.05, 4.69) is 6.58 Å². The number of benzene rings is 2. The largest absolute Gasteiger partial charge is 0.383 e. The molecule has 3 N–H and O–H groups in total. The third-order valence-electron chi connectivity index (χ3n) is 11.1. The highest BCUT2D eigenvalue weighted by Crippen LogP contribution is 2.51. The summed E-state index contributed by atoms with van der Waals surface area (Å²) in [6.07, 6.45) is 13.3. The van der Waals surface area contributed by atoms with Crippen molar-refractivity contribution in [3.05, 3.63) is 113 Å². The van der Waals surface area contributed by atoms with Crippen LogP contribution in [0.1, 0.15) is 49.8 Å². The van der Waals surface area contributed by atoms with Crippen LogP contribution in [0.2, 0.25) is 0 Å². The molecule has 0 aliphatic carbocycles. The molecule has 0 saturated heterocycles. The maximum absolute atomic E-state index is 12.2. The Kier molecular flexibility index (Phi) is 23.5. The molecule has 0 saturated carbocycles. The molecule has 17 nitrogen and oxygen atoms in total. The minimum Gasteiger partial charge on any atom is -0.383 e. The van der Waals surface area contributed by atoms with E-state index in [1.165, 1.54) is 24.3 Å². The lowest BCUT2D eigenvalue weighted by atomic mass is 9.72. The number of nitrogens with zero attached hydrogens (tertiary/aromatic N) is 1. The van der Waals surface area contributed by atoms with Gasteiger partial charge in [-0.05, 0) is 91.8 Å². The lowest BCUT2D eigenvalue weighted by Crippen LogP contribution is -2.31. The molecule has 20 heteroatoms. The van der Waals surface area contributed by atoms with Gasteiger partial charge in [-0.3, -0.25) is 13.7 Å². The Morgan fingerprint density at radius 1 is 0.697 bits per heavy atom. The fraction of sp³-hybridized carbons (Fsp3) is 0.522. The Bertz CT molecular complexity index is 2330. The van der Waals surface area contributed by atoms with Crippen LogP contribution in [0.15, 0.2) is 107 Å². The van der Waals surface area contributed by atoms with Gasteiger partial charge in [0.2, 0.25) is 0 Å². The number of aryl methyl sites for hydroxylation is 1. The van der Waals surface area contributed by atoms with Crippen LogP contribution in [0.5, 0.6) is 0 Å². The zero-order chi connectivity index (χ0) is 48.9. The second kappa shape index (κ2) is 27.4. The van der Waals surface area contributed by atoms with Gasteiger partial charge < -0.3 is 38.1 Å². The first-order valence-corrected chi connectivity index (χ1v) is 25.9. The van der Waals surface area contributed by atoms with Crippen LogP contribution in [0, 0.1) is 6.92 Å². The molecule has 370 valence electrons. The first kappa shape index (κ1) is 56.7. The molecule has 2 atom stereocenters. The van der Waals surface area contributed by atoms with Crippen molar-refractivity contribution < 1.29 is 72.1 Å². The van der Waals surface area contributed by atoms with Crippen LogP contribution in [0.25, 0.3) is 0 Å². The van der Waals surface area contributed by atoms with E-state index in [-0.39, 0.29) is 29.2 Å². The van der Waals surface area contributed by atoms with Gasteiger partial charge in [0, 0.05) is 49.6 Å². The standard InChI is InChI=1S/C46H67NO16S3/c1-37-15-16-39(65(51,52)53)35-41(37)45(3,20-22-59-26-27-61-30-31-63-33-32-62-29-28-60-25-24-58-6)38(2)13-10-8-7-9-11-14-44-46(4,19-12-34-64(48,49)50)42-36-40(66(54,55)56)17-18-43(42)47(44)21-23-57-5/h7-11,13-18,35-36H,2,12,19-34H2,1,3-6H3,(H,48,49,50)(H,51,52,53)(H,54,55,56)/b8-7+,11-9+,13-10+,44-14+. The molecule has 2 unspecified atom stereocenters. The van der Waals surface area contributed by atoms with Crippen molar-refractivity contribution in [2.24, 2.45) is 0 Å². The summed E-state index contributed by atoms with van der Waals surface area (Å²) in [5, 5.41) is 0. The van der Waals surface area contributed by atoms with Crippen LogP contribution in [0.4, 0.5) is 5.69 Å². The third kappa shape index (κ3) is 18.1. The number of fused-ring (bicyclic) bond motifs is 1. The predicted octanol–water partition coefficient (Wildman–Crippen LogP) is 6.07. The molecule has 0 amide bonds. The lowest BCUT2D eigenvalue weighted by Gasteiger charge is -2.33. The van der Waals surface area contributed by atoms with Crippen molar-refractivity contribution in [3.8, 4) is 0 Å². The number of methoxy groups -OCH3 is 2. The van der Waals surface area contributed by atoms with Crippen LogP contribution >= 0.6 is 0 Å². The van der Waals surface area contributed by atoms with Crippen LogP contribution in [-0.4, -0.2) is 145 Å². The fourth-order valence-corrected chi connectivity index (χ4v) is 8.93. The van der Waals surface area contributed by atoms with Gasteiger partial charge in [0.05, 0.1) is 88.2 Å². The number of anilines is 1. The van der Waals surface area contributed by atoms with Gasteiger partial charge in [0.1, 0.15) is 0 Å². The molecule has 0 aromatic heterocycles. The van der Waals surface area contributed by atoms with Crippen LogP contribution in [0.3, 0.4) is 0 Å². The molecular weight excluding hydrogens is 919 g/mol. The van der Waals surface area contributed by atoms with E-state index in [0.717, 1.165) is 11.3 Å². The van der Waals surface area contributed by atoms with E-state index in [0.29, 0.717) is 108 Å². The van der Waals surface area contributed by atoms with Crippen molar-refractivity contribution in [2.45, 2.75) is 60.7 Å². The van der Waals surface area contributed by atoms with Crippen molar-refractivity contribution in [1.29, 1.82) is 0 Å². The monoisotopic (exact) mass is 985 g/mol. The number of rotatable bonds is 33. The van der Waals surface area contributed by atoms with Gasteiger partial charge in [0.25, 0.3) is 30.4 Å². The third-order valence-corrected chi connectivity index (χ3v) is 13.6. The Morgan fingerprint density at radius 3 is 1.74 bits per heavy atom. The van der Waals surface area contributed by atoms with Crippen molar-refractivity contribution in [3.63, 3.8) is 0 Å². The summed E-state index contributed by atoms with van der Waals surface area (Å²) in [5.41, 5.74) is 2.31. The highest BCUT2D eigenvalue weighted by molar-refractivity contribution is 7.86. The Labute approximate surface area is 391 Å². The van der Waals surface area contributed by atoms with E-state index in [9.17, 15) is 38.9 Å². The number of ether oxygens (including phenoxy) is 7. The van der Waals surface area contributed by atoms with Gasteiger partial charge in [-0.15, -0.1) is 0 Å². The Hall–Kier alpha value is -3.61. The van der Waals surface area contributed by atoms with E-state index >= 15 is 0 Å². The number of hydrogen-bond donors (Lipinski definition) is 3. The molecule has 2 aromatic rings. The topological polar surface area (TPSA) is 231 Å². The smallest absolute Gasteiger partial charge is 0.294 e. The Balaban J connectivity index is 1.71. The van der Waals surface area contributed by atoms with Gasteiger partial charge >= 0.3 is 0 Å². The molecule has 66 heavy (non-hydrogen) atoms. The summed E-state index contributed by atoms with van der Waals surface area (Å²) in [4.78, 5) is 1.42. The van der Waals surface area contributed by atoms with Crippen LogP contribution < -0.4 is 4.90 Å². The van der Waals surface area contributed by atoms with Gasteiger partial charge in [-0.25, -0.2) is 0 Å². The minimum absolute atomic E-state index is 0.0686. The second-order valence-corrected chi connectivity index (χ2v) is 20.2. The molecule has 0 bridgehead atoms. The maximum Gasteiger partial charge on any atom is 0.294 e. The molecule has 3 rings (SSSR count). The maximum atomic E-state index is 12.2. The first-order chi connectivity index (χ1) is 31.2. The van der Waals surface area contributed by atoms with E-state index in [4.69, 9.17) is 33.2 Å². The quantitative estimate of drug-likeness (QED) is 0.0419. The summed E-state index contributed by atoms with van der Waals surface area (Å²) in [6, 6.07) is 8.73. The normalized spacial score (nSPS) is 17.5. The van der Waals surface area contributed by atoms with E-state index < -0.39 is 46.9 Å². The van der Waals surface area contributed by atoms with Crippen molar-refractivity contribution >= 4 is 36.0 Å². The average Bonchev–Trinajstić information content (AvgIpc) is 3.47. The average molecular weight is 986 g/mol. The van der Waals surface area contributed by atoms with Crippen molar-refractivity contribution in [2.75, 3.05) is 111 Å². The first-order valence-electron chi connectivity index (χ1n) is 21.4. The fourth-order valence-electron chi connectivity index (χ4n) is 7.41. The Morgan fingerprint density at radius 2 is 1.20 bits per heavy atom. The molecule has 0 fully saturated rings. The minimum atomic E-state index is -4.55. The molecule has 0 spiro atoms. The highest BCUT2D eigenvalue weighted by atomic mass is 32.2. The summed E-state index contributed by atoms with van der Waals surface area (Å²) < 4.78 is 139. The molecular formula is C46H67NO16S3. The molecule has 1 aliphatic rings. The summed E-state index contributed by atoms with van der Waals surface area (Å²) >= 11 is 0. The summed E-state index contributed by atoms with van der Waals surface area (Å²) in [6.45, 7) is 15.3. The highest BCUT2D eigenvalue weighted by Gasteiger charge is 2.43. The second-order valence-electron chi connectivity index (χ2n) is 15.8. The SMILES string of the molecule is C=C(/C=C/C=C/C=C/C=C1/N(CCOC)c2ccc(S(=O)(=O)O)cc2C1(C)CCCS(=O)(=O)O)C(C)(CCOCCOCCOCCOCCOCCOC)c1cc(S(=O)(=O)O)ccc1C. The van der Waals surface area contributed by atoms with E-state index in [1.807, 2.05) is 37.8 Å². The zero-order valence-electron chi connectivity index (χ0n) is 38.6. The predicted molar refractivity (Wildman–Crippen MR) is 252 cm³/mol. The van der Waals surface area contributed by atoms with Gasteiger partial charge in [0.15, 0.2) is 0 Å². The lowest BCUT2D eigenvalue weighted by molar-refractivity contribution is -0.0151. The van der Waals surface area contributed by atoms with Gasteiger partial charge in [-0.1, -0.05) is 56.0 Å². The summed E-state index contributed by atoms with van der Waals surface area (Å²) in [5.74, 6) is -0.494. The zero-order valence-corrected chi connectivity index (χ0v) is 41.0. The molecule has 0 radical (unpaired) electrons. The number of allylic oxidation sites excluding steroid dienone is 9. The molecule has 2 aromatic carbocycles. The molecule has 1 aliphatic heterocycles.